The van der Waals surface area contributed by atoms with Gasteiger partial charge in [0.25, 0.3) is 0 Å². The largest absolute Gasteiger partial charge is 0.524 e. The molecule has 0 saturated heterocycles. The van der Waals surface area contributed by atoms with E-state index in [9.17, 15) is 4.79 Å². The van der Waals surface area contributed by atoms with Crippen molar-refractivity contribution in [1.82, 2.24) is 0 Å². The van der Waals surface area contributed by atoms with Crippen LogP contribution in [-0.2, 0) is 0 Å². The van der Waals surface area contributed by atoms with E-state index in [1.54, 1.807) is 0 Å². The molecule has 1 aromatic rings. The van der Waals surface area contributed by atoms with E-state index in [2.05, 4.69) is 13.6 Å². The molecule has 36 valence electrons. The highest BCUT2D eigenvalue weighted by Crippen LogP contribution is 2.43. The van der Waals surface area contributed by atoms with Gasteiger partial charge in [0.1, 0.15) is 0 Å². The van der Waals surface area contributed by atoms with Gasteiger partial charge in [-0.05, 0) is 0 Å². The van der Waals surface area contributed by atoms with E-state index in [4.69, 9.17) is 0 Å². The molecule has 7 heavy (non-hydrogen) atoms. The molecular formula is C3O4. The maximum Gasteiger partial charge on any atom is 0.524 e. The van der Waals surface area contributed by atoms with Crippen LogP contribution < -0.4 is 10.6 Å². The Bertz CT molecular complexity index is 219. The fourth-order valence-electron chi connectivity index (χ4n) is 0.356. The van der Waals surface area contributed by atoms with Gasteiger partial charge in [0, 0.05) is 0 Å². The van der Waals surface area contributed by atoms with E-state index in [-0.39, 0.29) is 11.9 Å². The second-order valence-electron chi connectivity index (χ2n) is 1.13. The highest BCUT2D eigenvalue weighted by atomic mass is 16.8. The average molecular weight is 100 g/mol. The fraction of sp³-hybridized carbons (Fsp3) is 0. The molecule has 0 amide bonds. The number of hydrogen-bond donors (Lipinski definition) is 0. The van der Waals surface area contributed by atoms with Crippen LogP contribution in [0.4, 0.5) is 0 Å². The third kappa shape index (κ3) is 0.231. The first-order chi connectivity index (χ1) is 3.36. The summed E-state index contributed by atoms with van der Waals surface area (Å²) in [6.07, 6.45) is 0. The van der Waals surface area contributed by atoms with Crippen LogP contribution in [0, 0.1) is 0 Å². The van der Waals surface area contributed by atoms with Crippen LogP contribution in [-0.4, -0.2) is 0 Å². The predicted molar refractivity (Wildman–Crippen MR) is 17.3 cm³/mol. The number of hydrogen-bond acceptors (Lipinski definition) is 4. The Morgan fingerprint density at radius 1 is 1.14 bits per heavy atom. The Labute approximate surface area is 37.3 Å². The van der Waals surface area contributed by atoms with Crippen molar-refractivity contribution in [1.29, 1.82) is 0 Å². The minimum Gasteiger partial charge on any atom is -0.381 e. The lowest BCUT2D eigenvalue weighted by Gasteiger charge is -1.63. The Kier molecular flexibility index (Phi) is 0.247. The molecule has 0 unspecified atom stereocenters. The van der Waals surface area contributed by atoms with Gasteiger partial charge in [-0.3, -0.25) is 0 Å². The summed E-state index contributed by atoms with van der Waals surface area (Å²) in [4.78, 5) is 9.92. The topological polar surface area (TPSA) is 55.9 Å². The van der Waals surface area contributed by atoms with Crippen molar-refractivity contribution in [3.8, 4) is 11.9 Å². The first-order valence-electron chi connectivity index (χ1n) is 1.68. The fourth-order valence-corrected chi connectivity index (χ4v) is 0.356. The van der Waals surface area contributed by atoms with Gasteiger partial charge in [-0.1, -0.05) is 0 Å². The van der Waals surface area contributed by atoms with Crippen molar-refractivity contribution in [3.05, 3.63) is 10.6 Å². The maximum absolute atomic E-state index is 9.92. The lowest BCUT2D eigenvalue weighted by molar-refractivity contribution is 0.279. The summed E-state index contributed by atoms with van der Waals surface area (Å²) in [5, 5.41) is 0. The zero-order chi connectivity index (χ0) is 4.85. The molecule has 2 rings (SSSR count). The van der Waals surface area contributed by atoms with E-state index in [0.717, 1.165) is 0 Å². The molecule has 1 aliphatic heterocycles. The van der Waals surface area contributed by atoms with Gasteiger partial charge in [0.2, 0.25) is 0 Å². The van der Waals surface area contributed by atoms with Gasteiger partial charge in [-0.15, -0.1) is 0 Å². The Balaban J connectivity index is 2.91. The molecule has 2 heterocycles. The van der Waals surface area contributed by atoms with Gasteiger partial charge in [0.05, 0.1) is 0 Å². The summed E-state index contributed by atoms with van der Waals surface area (Å²) in [5.74, 6) is -0.272. The standard InChI is InChI=1S/C3O4/c4-3-6-1-2(5-1)7-3. The van der Waals surface area contributed by atoms with Gasteiger partial charge < -0.3 is 13.6 Å². The first kappa shape index (κ1) is 2.90. The second kappa shape index (κ2) is 0.598. The summed E-state index contributed by atoms with van der Waals surface area (Å²) in [6.45, 7) is 0. The number of fused-ring (bicyclic) bond motifs is 1. The van der Waals surface area contributed by atoms with Crippen LogP contribution in [0.5, 0.6) is 11.9 Å². The molecule has 0 aromatic carbocycles. The van der Waals surface area contributed by atoms with E-state index in [0.29, 0.717) is 0 Å². The molecular weight excluding hydrogens is 100 g/mol. The van der Waals surface area contributed by atoms with Crippen molar-refractivity contribution in [2.24, 2.45) is 0 Å². The third-order valence-corrected chi connectivity index (χ3v) is 0.662. The average Bonchev–Trinajstić information content (AvgIpc) is 2.15. The Morgan fingerprint density at radius 2 is 1.71 bits per heavy atom. The van der Waals surface area contributed by atoms with Crippen LogP contribution in [0.1, 0.15) is 0 Å². The van der Waals surface area contributed by atoms with Crippen molar-refractivity contribution >= 4 is 0 Å². The lowest BCUT2D eigenvalue weighted by Crippen LogP contribution is -1.87. The number of ether oxygens (including phenoxy) is 1. The molecule has 0 fully saturated rings. The molecule has 0 atom stereocenters. The predicted octanol–water partition coefficient (Wildman–Crippen LogP) is 0.338. The summed E-state index contributed by atoms with van der Waals surface area (Å²) < 4.78 is 12.9. The normalized spacial score (nSPS) is 12.6. The third-order valence-electron chi connectivity index (χ3n) is 0.662. The number of rotatable bonds is 0. The Hall–Kier alpha value is -1.19. The van der Waals surface area contributed by atoms with Gasteiger partial charge >= 0.3 is 17.7 Å². The van der Waals surface area contributed by atoms with E-state index >= 15 is 0 Å². The smallest absolute Gasteiger partial charge is 0.381 e. The minimum absolute atomic E-state index is 0.213. The monoisotopic (exact) mass is 100.0 g/mol. The molecule has 0 spiro atoms. The first-order valence-corrected chi connectivity index (χ1v) is 1.68. The van der Waals surface area contributed by atoms with E-state index in [1.165, 1.54) is 0 Å². The zero-order valence-electron chi connectivity index (χ0n) is 3.13. The van der Waals surface area contributed by atoms with Crippen LogP contribution in [0.25, 0.3) is 0 Å². The Morgan fingerprint density at radius 3 is 2.00 bits per heavy atom. The van der Waals surface area contributed by atoms with Crippen molar-refractivity contribution in [2.75, 3.05) is 0 Å². The van der Waals surface area contributed by atoms with E-state index in [1.807, 2.05) is 0 Å². The van der Waals surface area contributed by atoms with Crippen molar-refractivity contribution in [3.63, 3.8) is 0 Å². The molecule has 0 saturated carbocycles. The second-order valence-corrected chi connectivity index (χ2v) is 1.13. The maximum atomic E-state index is 9.92. The minimum atomic E-state index is -0.698. The molecule has 0 bridgehead atoms. The molecule has 1 aliphatic rings. The highest BCUT2D eigenvalue weighted by molar-refractivity contribution is 5.34. The van der Waals surface area contributed by atoms with Crippen LogP contribution >= 0.6 is 0 Å². The van der Waals surface area contributed by atoms with Gasteiger partial charge in [-0.25, -0.2) is 4.79 Å². The summed E-state index contributed by atoms with van der Waals surface area (Å²) >= 11 is 0. The molecule has 4 heteroatoms. The summed E-state index contributed by atoms with van der Waals surface area (Å²) in [6, 6.07) is 0. The van der Waals surface area contributed by atoms with Gasteiger partial charge in [0.15, 0.2) is 0 Å². The molecule has 0 aliphatic carbocycles. The van der Waals surface area contributed by atoms with Crippen LogP contribution in [0.15, 0.2) is 13.6 Å². The van der Waals surface area contributed by atoms with Crippen molar-refractivity contribution < 1.29 is 13.6 Å². The quantitative estimate of drug-likeness (QED) is 0.448. The SMILES string of the molecule is O=c1oc2c(o1)O2. The highest BCUT2D eigenvalue weighted by Gasteiger charge is 2.31. The summed E-state index contributed by atoms with van der Waals surface area (Å²) in [5.41, 5.74) is 0. The van der Waals surface area contributed by atoms with Gasteiger partial charge in [-0.2, -0.15) is 0 Å². The van der Waals surface area contributed by atoms with Crippen LogP contribution in [0.3, 0.4) is 0 Å². The molecule has 4 nitrogen and oxygen atoms in total. The summed E-state index contributed by atoms with van der Waals surface area (Å²) in [7, 11) is 0. The molecule has 0 N–H and O–H groups in total. The van der Waals surface area contributed by atoms with E-state index < -0.39 is 5.82 Å². The lowest BCUT2D eigenvalue weighted by atomic mass is 11.1. The molecule has 1 aromatic heterocycles. The molecule has 0 radical (unpaired) electrons. The van der Waals surface area contributed by atoms with Crippen molar-refractivity contribution in [2.45, 2.75) is 0 Å². The zero-order valence-corrected chi connectivity index (χ0v) is 3.13. The van der Waals surface area contributed by atoms with Crippen LogP contribution in [0.2, 0.25) is 0 Å².